The maximum atomic E-state index is 12.2. The van der Waals surface area contributed by atoms with Crippen LogP contribution in [-0.4, -0.2) is 27.9 Å². The summed E-state index contributed by atoms with van der Waals surface area (Å²) in [6.45, 7) is 2.85. The normalized spacial score (nSPS) is 11.4. The van der Waals surface area contributed by atoms with Crippen LogP contribution < -0.4 is 10.0 Å². The molecule has 1 aromatic carbocycles. The SMILES string of the molecule is CNC(=O)CNS(=O)(=O)c1c(C)c(Cl)cc(C)c1Cl. The molecular weight excluding hydrogens is 311 g/mol. The van der Waals surface area contributed by atoms with Crippen molar-refractivity contribution in [2.24, 2.45) is 0 Å². The predicted molar refractivity (Wildman–Crippen MR) is 75.2 cm³/mol. The summed E-state index contributed by atoms with van der Waals surface area (Å²) in [5.41, 5.74) is 0.902. The van der Waals surface area contributed by atoms with Crippen LogP contribution in [0.1, 0.15) is 11.1 Å². The van der Waals surface area contributed by atoms with Gasteiger partial charge in [-0.25, -0.2) is 13.1 Å². The van der Waals surface area contributed by atoms with Gasteiger partial charge < -0.3 is 5.32 Å². The van der Waals surface area contributed by atoms with E-state index in [9.17, 15) is 13.2 Å². The number of rotatable bonds is 4. The largest absolute Gasteiger partial charge is 0.358 e. The number of benzene rings is 1. The molecule has 0 saturated heterocycles. The van der Waals surface area contributed by atoms with Crippen LogP contribution in [0.15, 0.2) is 11.0 Å². The summed E-state index contributed by atoms with van der Waals surface area (Å²) in [7, 11) is -2.48. The molecule has 0 aliphatic rings. The Balaban J connectivity index is 3.25. The van der Waals surface area contributed by atoms with Gasteiger partial charge in [0.05, 0.1) is 11.6 Å². The van der Waals surface area contributed by atoms with E-state index in [1.807, 2.05) is 0 Å². The van der Waals surface area contributed by atoms with Crippen molar-refractivity contribution in [1.82, 2.24) is 10.0 Å². The number of hydrogen-bond donors (Lipinski definition) is 2. The van der Waals surface area contributed by atoms with E-state index in [1.165, 1.54) is 7.05 Å². The van der Waals surface area contributed by atoms with E-state index in [0.717, 1.165) is 0 Å². The molecule has 1 aromatic rings. The number of carbonyl (C=O) groups is 1. The third kappa shape index (κ3) is 3.60. The molecule has 0 aliphatic heterocycles. The van der Waals surface area contributed by atoms with Gasteiger partial charge in [0.1, 0.15) is 4.90 Å². The Bertz CT molecular complexity index is 589. The lowest BCUT2D eigenvalue weighted by Gasteiger charge is -2.13. The van der Waals surface area contributed by atoms with E-state index >= 15 is 0 Å². The zero-order chi connectivity index (χ0) is 14.8. The van der Waals surface area contributed by atoms with Gasteiger partial charge in [0.15, 0.2) is 0 Å². The van der Waals surface area contributed by atoms with Crippen LogP contribution in [-0.2, 0) is 14.8 Å². The lowest BCUT2D eigenvalue weighted by molar-refractivity contribution is -0.119. The van der Waals surface area contributed by atoms with Crippen LogP contribution in [0.3, 0.4) is 0 Å². The number of amides is 1. The topological polar surface area (TPSA) is 75.3 Å². The van der Waals surface area contributed by atoms with Crippen molar-refractivity contribution < 1.29 is 13.2 Å². The first-order chi connectivity index (χ1) is 8.70. The number of nitrogens with one attached hydrogen (secondary N) is 2. The lowest BCUT2D eigenvalue weighted by Crippen LogP contribution is -2.35. The third-order valence-electron chi connectivity index (χ3n) is 2.56. The molecule has 8 heteroatoms. The zero-order valence-corrected chi connectivity index (χ0v) is 13.0. The van der Waals surface area contributed by atoms with Crippen LogP contribution in [0.2, 0.25) is 10.0 Å². The Hall–Kier alpha value is -0.820. The smallest absolute Gasteiger partial charge is 0.242 e. The predicted octanol–water partition coefficient (Wildman–Crippen LogP) is 1.63. The number of carbonyl (C=O) groups excluding carboxylic acids is 1. The highest BCUT2D eigenvalue weighted by atomic mass is 35.5. The summed E-state index contributed by atoms with van der Waals surface area (Å²) in [4.78, 5) is 11.0. The first kappa shape index (κ1) is 16.2. The minimum absolute atomic E-state index is 0.0944. The fourth-order valence-electron chi connectivity index (χ4n) is 1.45. The Morgan fingerprint density at radius 2 is 1.89 bits per heavy atom. The van der Waals surface area contributed by atoms with Crippen molar-refractivity contribution in [3.63, 3.8) is 0 Å². The van der Waals surface area contributed by atoms with Crippen molar-refractivity contribution in [1.29, 1.82) is 0 Å². The molecule has 0 saturated carbocycles. The molecule has 0 heterocycles. The highest BCUT2D eigenvalue weighted by molar-refractivity contribution is 7.89. The first-order valence-corrected chi connectivity index (χ1v) is 7.60. The van der Waals surface area contributed by atoms with Gasteiger partial charge in [-0.1, -0.05) is 23.2 Å². The van der Waals surface area contributed by atoms with Crippen molar-refractivity contribution in [2.75, 3.05) is 13.6 Å². The summed E-state index contributed by atoms with van der Waals surface area (Å²) in [6, 6.07) is 1.59. The second-order valence-corrected chi connectivity index (χ2v) is 6.43. The average Bonchev–Trinajstić information content (AvgIpc) is 2.33. The lowest BCUT2D eigenvalue weighted by atomic mass is 10.2. The molecule has 0 radical (unpaired) electrons. The molecule has 0 aromatic heterocycles. The molecule has 0 spiro atoms. The van der Waals surface area contributed by atoms with Gasteiger partial charge in [-0.05, 0) is 31.0 Å². The molecule has 0 aliphatic carbocycles. The van der Waals surface area contributed by atoms with Crippen LogP contribution in [0.25, 0.3) is 0 Å². The molecule has 0 unspecified atom stereocenters. The monoisotopic (exact) mass is 324 g/mol. The highest BCUT2D eigenvalue weighted by Crippen LogP contribution is 2.33. The number of likely N-dealkylation sites (N-methyl/N-ethyl adjacent to an activating group) is 1. The van der Waals surface area contributed by atoms with E-state index < -0.39 is 15.9 Å². The highest BCUT2D eigenvalue weighted by Gasteiger charge is 2.24. The van der Waals surface area contributed by atoms with Crippen LogP contribution in [0.4, 0.5) is 0 Å². The molecule has 0 fully saturated rings. The first-order valence-electron chi connectivity index (χ1n) is 5.36. The Labute approximate surface area is 122 Å². The molecule has 2 N–H and O–H groups in total. The molecule has 5 nitrogen and oxygen atoms in total. The van der Waals surface area contributed by atoms with Crippen molar-refractivity contribution in [2.45, 2.75) is 18.7 Å². The van der Waals surface area contributed by atoms with E-state index in [4.69, 9.17) is 23.2 Å². The molecular formula is C11H14Cl2N2O3S. The molecule has 106 valence electrons. The fourth-order valence-corrected chi connectivity index (χ4v) is 3.65. The van der Waals surface area contributed by atoms with Gasteiger partial charge in [0.25, 0.3) is 0 Å². The van der Waals surface area contributed by atoms with E-state index in [1.54, 1.807) is 19.9 Å². The summed E-state index contributed by atoms with van der Waals surface area (Å²) in [5, 5.41) is 2.73. The second kappa shape index (κ2) is 6.09. The van der Waals surface area contributed by atoms with Gasteiger partial charge in [-0.2, -0.15) is 0 Å². The van der Waals surface area contributed by atoms with Gasteiger partial charge in [-0.15, -0.1) is 0 Å². The Morgan fingerprint density at radius 3 is 2.42 bits per heavy atom. The van der Waals surface area contributed by atoms with E-state index in [-0.39, 0.29) is 16.5 Å². The Morgan fingerprint density at radius 1 is 1.32 bits per heavy atom. The molecule has 19 heavy (non-hydrogen) atoms. The molecule has 0 atom stereocenters. The molecule has 1 rings (SSSR count). The van der Waals surface area contributed by atoms with Crippen LogP contribution in [0, 0.1) is 13.8 Å². The summed E-state index contributed by atoms with van der Waals surface area (Å²) in [6.07, 6.45) is 0. The number of halogens is 2. The number of hydrogen-bond acceptors (Lipinski definition) is 3. The average molecular weight is 325 g/mol. The summed E-state index contributed by atoms with van der Waals surface area (Å²) >= 11 is 12.0. The number of aryl methyl sites for hydroxylation is 1. The van der Waals surface area contributed by atoms with Gasteiger partial charge in [0, 0.05) is 12.1 Å². The Kier molecular flexibility index (Phi) is 5.20. The van der Waals surface area contributed by atoms with Crippen molar-refractivity contribution >= 4 is 39.1 Å². The minimum atomic E-state index is -3.90. The third-order valence-corrected chi connectivity index (χ3v) is 5.12. The summed E-state index contributed by atoms with van der Waals surface area (Å²) < 4.78 is 26.5. The maximum absolute atomic E-state index is 12.2. The quantitative estimate of drug-likeness (QED) is 0.884. The van der Waals surface area contributed by atoms with Gasteiger partial charge >= 0.3 is 0 Å². The molecule has 1 amide bonds. The van der Waals surface area contributed by atoms with Gasteiger partial charge in [0.2, 0.25) is 15.9 Å². The fraction of sp³-hybridized carbons (Fsp3) is 0.364. The zero-order valence-electron chi connectivity index (χ0n) is 10.7. The van der Waals surface area contributed by atoms with E-state index in [0.29, 0.717) is 16.1 Å². The number of sulfonamides is 1. The minimum Gasteiger partial charge on any atom is -0.358 e. The van der Waals surface area contributed by atoms with Crippen molar-refractivity contribution in [3.8, 4) is 0 Å². The van der Waals surface area contributed by atoms with Crippen molar-refractivity contribution in [3.05, 3.63) is 27.2 Å². The maximum Gasteiger partial charge on any atom is 0.242 e. The van der Waals surface area contributed by atoms with Gasteiger partial charge in [-0.3, -0.25) is 4.79 Å². The summed E-state index contributed by atoms with van der Waals surface area (Å²) in [5.74, 6) is -0.448. The standard InChI is InChI=1S/C11H14Cl2N2O3S/c1-6-4-8(12)7(2)11(10(6)13)19(17,18)15-5-9(16)14-3/h4,15H,5H2,1-3H3,(H,14,16). The van der Waals surface area contributed by atoms with Crippen LogP contribution >= 0.6 is 23.2 Å². The molecule has 0 bridgehead atoms. The second-order valence-electron chi connectivity index (χ2n) is 3.94. The van der Waals surface area contributed by atoms with E-state index in [2.05, 4.69) is 10.0 Å². The van der Waals surface area contributed by atoms with Crippen LogP contribution in [0.5, 0.6) is 0 Å².